The van der Waals surface area contributed by atoms with Crippen LogP contribution in [0.1, 0.15) is 115 Å². The van der Waals surface area contributed by atoms with Gasteiger partial charge in [0.15, 0.2) is 5.96 Å². The number of nitrogens with zero attached hydrogens (tertiary/aromatic N) is 8. The van der Waals surface area contributed by atoms with E-state index < -0.39 is 0 Å². The lowest BCUT2D eigenvalue weighted by Crippen LogP contribution is -2.49. The molecule has 104 heavy (non-hydrogen) atoms. The van der Waals surface area contributed by atoms with Crippen LogP contribution in [0.2, 0.25) is 0 Å². The minimum atomic E-state index is -0.0341. The number of hydrogen-bond acceptors (Lipinski definition) is 15. The van der Waals surface area contributed by atoms with Gasteiger partial charge in [0.1, 0.15) is 5.76 Å². The average molecular weight is 1380 g/mol. The number of pyridine rings is 2. The summed E-state index contributed by atoms with van der Waals surface area (Å²) in [4.78, 5) is 33.4. The average Bonchev–Trinajstić information content (AvgIpc) is 1.59. The molecule has 15 heteroatoms. The minimum Gasteiger partial charge on any atom is -0.472 e. The third kappa shape index (κ3) is 14.0. The summed E-state index contributed by atoms with van der Waals surface area (Å²) in [5.74, 6) is 5.97. The number of aliphatic imine (C=N–C) groups is 5. The standard InChI is InChI=1S/C19H20N2.2C18H19N3.C17H19N3O.C17H18N2O/c1-14-20-13-19(21-14)11-10-18-16(12-19)8-5-9-17(18)15-6-3-2-4-7-15;1-13-20-12-18(21-13)8-7-17-14(10-18)4-2-6-16(17)15-5-3-9-19-11-15;1-13-20-12-18(21-13)8-5-17-15(11-18)3-2-4-16(17)14-6-9-19-10-7-14;1-20-11-17(19-16(20)18)8-7-13-12(10-17)4-2-5-14(13)15-6-3-9-21-15;1-12-18-11-17(19-12)7-5-16-13(9-17)3-2-4-15(16)14-6-8-20-10-14/h2-9H,10-13H2,1H3,(H,20,21);2-6,9,11H,7-8,10,12H2,1H3,(H,20,21);2-4,6-7,9-10H,5,8,11-12H2,1H3,(H,20,21);2-6,9H,7-8,10-11H2,1H3,(H2,18,19);2-4,6,8,10H,5,7,9,11H2,1H3,(H,18,19)/t19-;2*18-;2*17-/m00000/s1. The Kier molecular flexibility index (Phi) is 18.6. The number of nitrogens with one attached hydrogen (secondary N) is 4. The number of amidine groups is 4. The summed E-state index contributed by atoms with van der Waals surface area (Å²) >= 11 is 0. The second-order valence-electron chi connectivity index (χ2n) is 30.7. The zero-order chi connectivity index (χ0) is 70.9. The van der Waals surface area contributed by atoms with E-state index in [2.05, 4.69) is 223 Å². The molecular formula is C89H95N13O2. The van der Waals surface area contributed by atoms with Gasteiger partial charge in [-0.15, -0.1) is 0 Å². The molecule has 528 valence electrons. The molecule has 10 aromatic rings. The van der Waals surface area contributed by atoms with E-state index in [1.807, 2.05) is 62.4 Å². The SMILES string of the molecule is CC1=NC[C@@]2(CCc3c(cccc3-c3ccccc3)C2)N1.CC1=NC[C@@]2(CCc3c(cccc3-c3cccnc3)C2)N1.CC1=NC[C@@]2(CCc3c(cccc3-c3ccncc3)C2)N1.CC1=NC[C@@]2(CCc3c(cccc3-c3ccoc3)C2)N1.CN1C[C@@]2(CCc3c(cccc3-c3ccco3)C2)N=C1N. The Labute approximate surface area is 611 Å². The number of benzene rings is 6. The lowest BCUT2D eigenvalue weighted by atomic mass is 9.76. The van der Waals surface area contributed by atoms with E-state index in [9.17, 15) is 0 Å². The second kappa shape index (κ2) is 28.5. The molecule has 5 aliphatic carbocycles. The van der Waals surface area contributed by atoms with Crippen LogP contribution in [0.5, 0.6) is 0 Å². The number of fused-ring (bicyclic) bond motifs is 5. The number of nitrogens with two attached hydrogens (primary N) is 1. The lowest BCUT2D eigenvalue weighted by Gasteiger charge is -2.35. The Balaban J connectivity index is 0.000000100. The van der Waals surface area contributed by atoms with Gasteiger partial charge in [0.05, 0.1) is 96.0 Å². The number of hydrogen-bond donors (Lipinski definition) is 5. The monoisotopic (exact) mass is 1380 g/mol. The van der Waals surface area contributed by atoms with Crippen molar-refractivity contribution in [3.05, 3.63) is 263 Å². The normalized spacial score (nSPS) is 23.9. The molecular weight excluding hydrogens is 1280 g/mol. The van der Waals surface area contributed by atoms with Crippen molar-refractivity contribution in [2.45, 2.75) is 152 Å². The van der Waals surface area contributed by atoms with Crippen LogP contribution >= 0.6 is 0 Å². The van der Waals surface area contributed by atoms with Crippen molar-refractivity contribution in [1.29, 1.82) is 0 Å². The van der Waals surface area contributed by atoms with E-state index in [1.165, 1.54) is 112 Å². The van der Waals surface area contributed by atoms with E-state index in [0.29, 0.717) is 5.96 Å². The number of aromatic nitrogens is 2. The molecule has 5 atom stereocenters. The van der Waals surface area contributed by atoms with Crippen LogP contribution in [0.15, 0.2) is 241 Å². The van der Waals surface area contributed by atoms with Gasteiger partial charge >= 0.3 is 0 Å². The largest absolute Gasteiger partial charge is 0.472 e. The van der Waals surface area contributed by atoms with Crippen LogP contribution in [0.25, 0.3) is 55.8 Å². The lowest BCUT2D eigenvalue weighted by molar-refractivity contribution is 0.335. The first-order valence-corrected chi connectivity index (χ1v) is 37.4. The maximum Gasteiger partial charge on any atom is 0.191 e. The first-order chi connectivity index (χ1) is 50.7. The van der Waals surface area contributed by atoms with Gasteiger partial charge in [0.25, 0.3) is 0 Å². The topological polar surface area (TPSA) is 191 Å². The zero-order valence-electron chi connectivity index (χ0n) is 60.7. The molecule has 4 aromatic heterocycles. The van der Waals surface area contributed by atoms with Crippen molar-refractivity contribution in [3.63, 3.8) is 0 Å². The quantitative estimate of drug-likeness (QED) is 0.111. The molecule has 0 radical (unpaired) electrons. The molecule has 9 heterocycles. The summed E-state index contributed by atoms with van der Waals surface area (Å²) in [5, 5.41) is 14.4. The number of rotatable bonds is 5. The number of furan rings is 2. The smallest absolute Gasteiger partial charge is 0.191 e. The van der Waals surface area contributed by atoms with Gasteiger partial charge in [0, 0.05) is 55.1 Å². The summed E-state index contributed by atoms with van der Waals surface area (Å²) in [7, 11) is 2.02. The summed E-state index contributed by atoms with van der Waals surface area (Å²) in [5.41, 5.74) is 32.9. The molecule has 5 spiro atoms. The van der Waals surface area contributed by atoms with Gasteiger partial charge in [0.2, 0.25) is 0 Å². The molecule has 0 fully saturated rings. The van der Waals surface area contributed by atoms with Crippen molar-refractivity contribution in [1.82, 2.24) is 36.1 Å². The highest BCUT2D eigenvalue weighted by Gasteiger charge is 2.44. The zero-order valence-corrected chi connectivity index (χ0v) is 60.7. The summed E-state index contributed by atoms with van der Waals surface area (Å²) in [6, 6.07) is 58.3. The van der Waals surface area contributed by atoms with Crippen LogP contribution < -0.4 is 27.0 Å². The van der Waals surface area contributed by atoms with Gasteiger partial charge in [-0.05, 0) is 249 Å². The molecule has 10 aliphatic rings. The summed E-state index contributed by atoms with van der Waals surface area (Å²) in [6.45, 7) is 12.9. The van der Waals surface area contributed by atoms with E-state index in [4.69, 9.17) is 19.6 Å². The van der Waals surface area contributed by atoms with Crippen molar-refractivity contribution in [3.8, 4) is 55.8 Å². The van der Waals surface area contributed by atoms with E-state index >= 15 is 0 Å². The molecule has 6 aromatic carbocycles. The van der Waals surface area contributed by atoms with Gasteiger partial charge in [-0.25, -0.2) is 4.99 Å². The fourth-order valence-corrected chi connectivity index (χ4v) is 18.4. The summed E-state index contributed by atoms with van der Waals surface area (Å²) in [6.07, 6.45) is 29.2. The van der Waals surface area contributed by atoms with Crippen LogP contribution in [0.4, 0.5) is 0 Å². The summed E-state index contributed by atoms with van der Waals surface area (Å²) < 4.78 is 10.8. The third-order valence-electron chi connectivity index (χ3n) is 23.5. The Morgan fingerprint density at radius 3 is 1.21 bits per heavy atom. The molecule has 15 nitrogen and oxygen atoms in total. The van der Waals surface area contributed by atoms with Crippen molar-refractivity contribution < 1.29 is 8.83 Å². The highest BCUT2D eigenvalue weighted by Crippen LogP contribution is 2.43. The predicted molar refractivity (Wildman–Crippen MR) is 422 cm³/mol. The number of likely N-dealkylation sites (N-methyl/N-ethyl adjacent to an activating group) is 1. The Morgan fingerprint density at radius 1 is 0.385 bits per heavy atom. The van der Waals surface area contributed by atoms with E-state index in [0.717, 1.165) is 152 Å². The Morgan fingerprint density at radius 2 is 0.808 bits per heavy atom. The molecule has 0 saturated heterocycles. The van der Waals surface area contributed by atoms with Crippen LogP contribution in [0, 0.1) is 0 Å². The van der Waals surface area contributed by atoms with E-state index in [1.54, 1.807) is 12.5 Å². The van der Waals surface area contributed by atoms with Gasteiger partial charge < -0.3 is 40.7 Å². The fourth-order valence-electron chi connectivity index (χ4n) is 18.4. The molecule has 20 rings (SSSR count). The Hall–Kier alpha value is -10.7. The molecule has 6 N–H and O–H groups in total. The fraction of sp³-hybridized carbons (Fsp3) is 0.337. The molecule has 0 unspecified atom stereocenters. The third-order valence-corrected chi connectivity index (χ3v) is 23.5. The maximum absolute atomic E-state index is 5.97. The Bertz CT molecular complexity index is 4630. The van der Waals surface area contributed by atoms with E-state index in [-0.39, 0.29) is 27.7 Å². The highest BCUT2D eigenvalue weighted by atomic mass is 16.3. The van der Waals surface area contributed by atoms with Gasteiger partial charge in [-0.3, -0.25) is 29.9 Å². The minimum absolute atomic E-state index is 0.0341. The van der Waals surface area contributed by atoms with Crippen molar-refractivity contribution in [2.24, 2.45) is 30.7 Å². The van der Waals surface area contributed by atoms with Crippen molar-refractivity contribution in [2.75, 3.05) is 39.8 Å². The second-order valence-corrected chi connectivity index (χ2v) is 30.7. The first-order valence-electron chi connectivity index (χ1n) is 37.4. The molecule has 0 amide bonds. The molecule has 0 bridgehead atoms. The predicted octanol–water partition coefficient (Wildman–Crippen LogP) is 15.2. The first kappa shape index (κ1) is 67.8. The van der Waals surface area contributed by atoms with Crippen LogP contribution in [-0.4, -0.2) is 112 Å². The van der Waals surface area contributed by atoms with Gasteiger partial charge in [-0.2, -0.15) is 0 Å². The van der Waals surface area contributed by atoms with Crippen LogP contribution in [0.3, 0.4) is 0 Å². The molecule has 5 aliphatic heterocycles. The van der Waals surface area contributed by atoms with Gasteiger partial charge in [-0.1, -0.05) is 127 Å². The highest BCUT2D eigenvalue weighted by molar-refractivity contribution is 5.85. The number of guanidine groups is 1. The van der Waals surface area contributed by atoms with Crippen molar-refractivity contribution >= 4 is 29.3 Å². The maximum atomic E-state index is 5.97. The van der Waals surface area contributed by atoms with Crippen LogP contribution in [-0.2, 0) is 64.2 Å². The molecule has 0 saturated carbocycles.